The van der Waals surface area contributed by atoms with Gasteiger partial charge in [-0.15, -0.1) is 0 Å². The van der Waals surface area contributed by atoms with E-state index in [9.17, 15) is 10.2 Å². The Hall–Kier alpha value is -1.18. The zero-order valence-corrected chi connectivity index (χ0v) is 11.3. The van der Waals surface area contributed by atoms with Gasteiger partial charge in [0.15, 0.2) is 0 Å². The van der Waals surface area contributed by atoms with Gasteiger partial charge in [0.25, 0.3) is 0 Å². The summed E-state index contributed by atoms with van der Waals surface area (Å²) >= 11 is 0. The number of aromatic hydroxyl groups is 2. The molecule has 0 spiro atoms. The van der Waals surface area contributed by atoms with Crippen LogP contribution in [0.1, 0.15) is 52.5 Å². The molecule has 0 atom stereocenters. The monoisotopic (exact) mass is 236 g/mol. The second-order valence-corrected chi connectivity index (χ2v) is 5.87. The van der Waals surface area contributed by atoms with Crippen molar-refractivity contribution in [2.75, 3.05) is 0 Å². The van der Waals surface area contributed by atoms with E-state index in [0.717, 1.165) is 24.3 Å². The summed E-state index contributed by atoms with van der Waals surface area (Å²) in [4.78, 5) is 0. The zero-order valence-electron chi connectivity index (χ0n) is 11.3. The molecule has 0 unspecified atom stereocenters. The van der Waals surface area contributed by atoms with Gasteiger partial charge in [0.2, 0.25) is 0 Å². The molecule has 0 aliphatic heterocycles. The van der Waals surface area contributed by atoms with Crippen LogP contribution in [0.3, 0.4) is 0 Å². The predicted octanol–water partition coefficient (Wildman–Crippen LogP) is 4.20. The highest BCUT2D eigenvalue weighted by Gasteiger charge is 2.23. The van der Waals surface area contributed by atoms with Gasteiger partial charge in [-0.25, -0.2) is 0 Å². The van der Waals surface area contributed by atoms with Crippen LogP contribution in [-0.2, 0) is 5.41 Å². The summed E-state index contributed by atoms with van der Waals surface area (Å²) < 4.78 is 0. The van der Waals surface area contributed by atoms with Crippen LogP contribution < -0.4 is 0 Å². The normalized spacial score (nSPS) is 12.1. The van der Waals surface area contributed by atoms with Crippen molar-refractivity contribution in [3.05, 3.63) is 23.8 Å². The van der Waals surface area contributed by atoms with Gasteiger partial charge in [-0.05, 0) is 29.4 Å². The molecule has 0 aromatic heterocycles. The first kappa shape index (κ1) is 13.9. The van der Waals surface area contributed by atoms with Crippen LogP contribution in [0.4, 0.5) is 0 Å². The van der Waals surface area contributed by atoms with Gasteiger partial charge in [0, 0.05) is 6.07 Å². The fraction of sp³-hybridized carbons (Fsp3) is 0.600. The topological polar surface area (TPSA) is 40.5 Å². The molecule has 0 bridgehead atoms. The molecule has 0 fully saturated rings. The van der Waals surface area contributed by atoms with E-state index in [0.29, 0.717) is 0 Å². The van der Waals surface area contributed by atoms with Gasteiger partial charge >= 0.3 is 0 Å². The third kappa shape index (κ3) is 3.95. The van der Waals surface area contributed by atoms with Crippen molar-refractivity contribution in [3.63, 3.8) is 0 Å². The van der Waals surface area contributed by atoms with Crippen molar-refractivity contribution in [2.45, 2.75) is 52.4 Å². The lowest BCUT2D eigenvalue weighted by Gasteiger charge is -2.26. The van der Waals surface area contributed by atoms with Crippen LogP contribution in [0.5, 0.6) is 11.5 Å². The van der Waals surface area contributed by atoms with Crippen molar-refractivity contribution < 1.29 is 10.2 Å². The number of hydrogen-bond donors (Lipinski definition) is 2. The van der Waals surface area contributed by atoms with E-state index in [1.807, 2.05) is 6.07 Å². The fourth-order valence-corrected chi connectivity index (χ4v) is 2.18. The van der Waals surface area contributed by atoms with Crippen molar-refractivity contribution in [1.29, 1.82) is 0 Å². The molecule has 1 rings (SSSR count). The van der Waals surface area contributed by atoms with E-state index in [4.69, 9.17) is 0 Å². The Labute approximate surface area is 104 Å². The third-order valence-electron chi connectivity index (χ3n) is 3.29. The smallest absolute Gasteiger partial charge is 0.122 e. The molecule has 1 aromatic rings. The van der Waals surface area contributed by atoms with Crippen LogP contribution >= 0.6 is 0 Å². The van der Waals surface area contributed by atoms with Gasteiger partial charge < -0.3 is 10.2 Å². The lowest BCUT2D eigenvalue weighted by Crippen LogP contribution is -2.17. The van der Waals surface area contributed by atoms with Crippen LogP contribution in [-0.4, -0.2) is 10.2 Å². The summed E-state index contributed by atoms with van der Waals surface area (Å²) in [5.41, 5.74) is 0.867. The van der Waals surface area contributed by atoms with E-state index in [-0.39, 0.29) is 16.9 Å². The number of phenols is 2. The van der Waals surface area contributed by atoms with E-state index >= 15 is 0 Å². The van der Waals surface area contributed by atoms with Gasteiger partial charge in [-0.1, -0.05) is 46.6 Å². The van der Waals surface area contributed by atoms with Crippen molar-refractivity contribution in [1.82, 2.24) is 0 Å². The second kappa shape index (κ2) is 5.44. The highest BCUT2D eigenvalue weighted by atomic mass is 16.3. The maximum atomic E-state index is 9.88. The Kier molecular flexibility index (Phi) is 4.44. The molecule has 0 saturated carbocycles. The Morgan fingerprint density at radius 1 is 1.18 bits per heavy atom. The van der Waals surface area contributed by atoms with Crippen LogP contribution in [0, 0.1) is 5.92 Å². The average Bonchev–Trinajstić information content (AvgIpc) is 2.15. The molecule has 2 heteroatoms. The molecule has 0 aliphatic rings. The Bertz CT molecular complexity index is 367. The first-order valence-corrected chi connectivity index (χ1v) is 6.35. The zero-order chi connectivity index (χ0) is 13.1. The molecule has 1 aromatic carbocycles. The maximum absolute atomic E-state index is 9.88. The van der Waals surface area contributed by atoms with Gasteiger partial charge in [-0.2, -0.15) is 0 Å². The van der Waals surface area contributed by atoms with E-state index in [1.165, 1.54) is 12.5 Å². The molecule has 0 heterocycles. The number of rotatable bonds is 5. The first-order valence-electron chi connectivity index (χ1n) is 6.35. The molecule has 0 aliphatic carbocycles. The van der Waals surface area contributed by atoms with Crippen LogP contribution in [0.2, 0.25) is 0 Å². The van der Waals surface area contributed by atoms with Crippen molar-refractivity contribution in [2.24, 2.45) is 5.92 Å². The number of benzene rings is 1. The quantitative estimate of drug-likeness (QED) is 0.804. The Morgan fingerprint density at radius 2 is 1.82 bits per heavy atom. The molecule has 0 saturated heterocycles. The van der Waals surface area contributed by atoms with Crippen LogP contribution in [0.15, 0.2) is 18.2 Å². The molecule has 0 radical (unpaired) electrons. The summed E-state index contributed by atoms with van der Waals surface area (Å²) in [7, 11) is 0. The lowest BCUT2D eigenvalue weighted by atomic mass is 9.79. The highest BCUT2D eigenvalue weighted by Crippen LogP contribution is 2.36. The molecule has 0 amide bonds. The molecular weight excluding hydrogens is 212 g/mol. The van der Waals surface area contributed by atoms with Crippen molar-refractivity contribution >= 4 is 0 Å². The Morgan fingerprint density at radius 3 is 2.35 bits per heavy atom. The minimum atomic E-state index is -0.0489. The largest absolute Gasteiger partial charge is 0.508 e. The van der Waals surface area contributed by atoms with Gasteiger partial charge in [0.1, 0.15) is 11.5 Å². The SMILES string of the molecule is CC(C)CCCC(C)(C)c1ccc(O)cc1O. The van der Waals surface area contributed by atoms with Gasteiger partial charge in [0.05, 0.1) is 0 Å². The van der Waals surface area contributed by atoms with Crippen molar-refractivity contribution in [3.8, 4) is 11.5 Å². The standard InChI is InChI=1S/C15H24O2/c1-11(2)6-5-9-15(3,4)13-8-7-12(16)10-14(13)17/h7-8,10-11,16-17H,5-6,9H2,1-4H3. The van der Waals surface area contributed by atoms with Gasteiger partial charge in [-0.3, -0.25) is 0 Å². The second-order valence-electron chi connectivity index (χ2n) is 5.87. The molecule has 2 nitrogen and oxygen atoms in total. The molecular formula is C15H24O2. The first-order chi connectivity index (χ1) is 7.83. The predicted molar refractivity (Wildman–Crippen MR) is 71.5 cm³/mol. The molecule has 2 N–H and O–H groups in total. The summed E-state index contributed by atoms with van der Waals surface area (Å²) in [5.74, 6) is 1.03. The molecule has 17 heavy (non-hydrogen) atoms. The minimum absolute atomic E-state index is 0.0489. The van der Waals surface area contributed by atoms with E-state index in [2.05, 4.69) is 27.7 Å². The maximum Gasteiger partial charge on any atom is 0.122 e. The minimum Gasteiger partial charge on any atom is -0.508 e. The van der Waals surface area contributed by atoms with E-state index in [1.54, 1.807) is 6.07 Å². The summed E-state index contributed by atoms with van der Waals surface area (Å²) in [6.07, 6.45) is 3.41. The third-order valence-corrected chi connectivity index (χ3v) is 3.29. The molecule has 96 valence electrons. The summed E-state index contributed by atoms with van der Waals surface area (Å²) in [6, 6.07) is 4.87. The Balaban J connectivity index is 2.74. The lowest BCUT2D eigenvalue weighted by molar-refractivity contribution is 0.392. The summed E-state index contributed by atoms with van der Waals surface area (Å²) in [6.45, 7) is 8.73. The van der Waals surface area contributed by atoms with E-state index < -0.39 is 0 Å². The fourth-order valence-electron chi connectivity index (χ4n) is 2.18. The number of hydrogen-bond acceptors (Lipinski definition) is 2. The summed E-state index contributed by atoms with van der Waals surface area (Å²) in [5, 5.41) is 19.2. The highest BCUT2D eigenvalue weighted by molar-refractivity contribution is 5.42. The van der Waals surface area contributed by atoms with Crippen LogP contribution in [0.25, 0.3) is 0 Å². The number of phenolic OH excluding ortho intramolecular Hbond substituents is 2. The average molecular weight is 236 g/mol.